The van der Waals surface area contributed by atoms with Crippen molar-refractivity contribution in [3.05, 3.63) is 41.9 Å². The second kappa shape index (κ2) is 5.88. The molecular formula is C13H13N5O2S. The predicted octanol–water partition coefficient (Wildman–Crippen LogP) is 1.99. The standard InChI is InChI=1S/C13H13N5O2S/c19-13(20)11-12(10-3-1-8-21-10)18(16-15-11)6-2-5-17-7-4-14-9-17/h1,3-4,7-9H,2,5-6H2,(H,19,20). The Balaban J connectivity index is 1.80. The first kappa shape index (κ1) is 13.5. The Morgan fingerprint density at radius 1 is 1.38 bits per heavy atom. The van der Waals surface area contributed by atoms with E-state index >= 15 is 0 Å². The van der Waals surface area contributed by atoms with Crippen LogP contribution in [0.2, 0.25) is 0 Å². The van der Waals surface area contributed by atoms with Gasteiger partial charge in [-0.1, -0.05) is 11.3 Å². The lowest BCUT2D eigenvalue weighted by molar-refractivity contribution is 0.0691. The third-order valence-corrected chi connectivity index (χ3v) is 3.91. The molecule has 3 aromatic heterocycles. The zero-order valence-corrected chi connectivity index (χ0v) is 11.9. The highest BCUT2D eigenvalue weighted by molar-refractivity contribution is 7.13. The van der Waals surface area contributed by atoms with E-state index in [0.717, 1.165) is 17.8 Å². The van der Waals surface area contributed by atoms with E-state index in [2.05, 4.69) is 15.3 Å². The third-order valence-electron chi connectivity index (χ3n) is 3.04. The van der Waals surface area contributed by atoms with Crippen molar-refractivity contribution < 1.29 is 9.90 Å². The average molecular weight is 303 g/mol. The summed E-state index contributed by atoms with van der Waals surface area (Å²) < 4.78 is 3.63. The SMILES string of the molecule is O=C(O)c1nnn(CCCn2ccnc2)c1-c1cccs1. The van der Waals surface area contributed by atoms with Crippen molar-refractivity contribution in [2.45, 2.75) is 19.5 Å². The number of carbonyl (C=O) groups is 1. The maximum absolute atomic E-state index is 11.3. The van der Waals surface area contributed by atoms with Crippen LogP contribution in [0, 0.1) is 0 Å². The average Bonchev–Trinajstić information content (AvgIpc) is 3.20. The minimum atomic E-state index is -1.06. The van der Waals surface area contributed by atoms with Crippen LogP contribution in [0.5, 0.6) is 0 Å². The van der Waals surface area contributed by atoms with Crippen molar-refractivity contribution in [2.24, 2.45) is 0 Å². The van der Waals surface area contributed by atoms with Crippen LogP contribution in [0.3, 0.4) is 0 Å². The second-order valence-electron chi connectivity index (χ2n) is 4.45. The number of carboxylic acid groups (broad SMARTS) is 1. The predicted molar refractivity (Wildman–Crippen MR) is 77.1 cm³/mol. The summed E-state index contributed by atoms with van der Waals surface area (Å²) in [6.07, 6.45) is 6.20. The van der Waals surface area contributed by atoms with Gasteiger partial charge in [-0.05, 0) is 17.9 Å². The van der Waals surface area contributed by atoms with Crippen LogP contribution in [-0.4, -0.2) is 35.6 Å². The molecule has 0 fully saturated rings. The molecular weight excluding hydrogens is 290 g/mol. The van der Waals surface area contributed by atoms with Crippen molar-refractivity contribution in [1.82, 2.24) is 24.5 Å². The number of hydrogen-bond acceptors (Lipinski definition) is 5. The molecule has 3 heterocycles. The van der Waals surface area contributed by atoms with E-state index in [-0.39, 0.29) is 5.69 Å². The zero-order valence-electron chi connectivity index (χ0n) is 11.1. The van der Waals surface area contributed by atoms with Gasteiger partial charge in [0, 0.05) is 25.5 Å². The van der Waals surface area contributed by atoms with Gasteiger partial charge >= 0.3 is 5.97 Å². The Kier molecular flexibility index (Phi) is 3.78. The summed E-state index contributed by atoms with van der Waals surface area (Å²) in [5.41, 5.74) is 0.572. The minimum Gasteiger partial charge on any atom is -0.476 e. The van der Waals surface area contributed by atoms with Gasteiger partial charge in [-0.25, -0.2) is 14.5 Å². The summed E-state index contributed by atoms with van der Waals surface area (Å²) in [5, 5.41) is 18.9. The molecule has 1 N–H and O–H groups in total. The van der Waals surface area contributed by atoms with Gasteiger partial charge in [-0.15, -0.1) is 16.4 Å². The molecule has 0 bridgehead atoms. The van der Waals surface area contributed by atoms with Crippen LogP contribution in [0.25, 0.3) is 10.6 Å². The molecule has 0 aliphatic rings. The maximum atomic E-state index is 11.3. The van der Waals surface area contributed by atoms with Gasteiger partial charge in [0.25, 0.3) is 0 Å². The van der Waals surface area contributed by atoms with Crippen molar-refractivity contribution in [1.29, 1.82) is 0 Å². The molecule has 21 heavy (non-hydrogen) atoms. The Labute approximate surface area is 124 Å². The Hall–Kier alpha value is -2.48. The molecule has 0 saturated heterocycles. The molecule has 0 unspecified atom stereocenters. The summed E-state index contributed by atoms with van der Waals surface area (Å²) in [4.78, 5) is 16.1. The zero-order chi connectivity index (χ0) is 14.7. The van der Waals surface area contributed by atoms with E-state index in [0.29, 0.717) is 12.2 Å². The summed E-state index contributed by atoms with van der Waals surface area (Å²) >= 11 is 1.48. The number of aromatic carboxylic acids is 1. The van der Waals surface area contributed by atoms with E-state index in [1.807, 2.05) is 28.3 Å². The first-order chi connectivity index (χ1) is 10.3. The largest absolute Gasteiger partial charge is 0.476 e. The van der Waals surface area contributed by atoms with Gasteiger partial charge in [0.2, 0.25) is 0 Å². The molecule has 0 atom stereocenters. The van der Waals surface area contributed by atoms with Gasteiger partial charge < -0.3 is 9.67 Å². The van der Waals surface area contributed by atoms with Gasteiger partial charge in [-0.3, -0.25) is 0 Å². The summed E-state index contributed by atoms with van der Waals surface area (Å²) in [5.74, 6) is -1.06. The van der Waals surface area contributed by atoms with Crippen LogP contribution in [0.15, 0.2) is 36.2 Å². The number of rotatable bonds is 6. The van der Waals surface area contributed by atoms with Crippen LogP contribution in [0.1, 0.15) is 16.9 Å². The highest BCUT2D eigenvalue weighted by Gasteiger charge is 2.20. The van der Waals surface area contributed by atoms with Crippen LogP contribution in [-0.2, 0) is 13.1 Å². The van der Waals surface area contributed by atoms with E-state index in [1.54, 1.807) is 17.2 Å². The second-order valence-corrected chi connectivity index (χ2v) is 5.39. The molecule has 0 radical (unpaired) electrons. The third kappa shape index (κ3) is 2.84. The summed E-state index contributed by atoms with van der Waals surface area (Å²) in [6, 6.07) is 3.76. The highest BCUT2D eigenvalue weighted by atomic mass is 32.1. The highest BCUT2D eigenvalue weighted by Crippen LogP contribution is 2.27. The molecule has 0 spiro atoms. The number of aryl methyl sites for hydroxylation is 2. The molecule has 3 rings (SSSR count). The van der Waals surface area contributed by atoms with Gasteiger partial charge in [0.05, 0.1) is 11.2 Å². The quantitative estimate of drug-likeness (QED) is 0.752. The Bertz CT molecular complexity index is 718. The van der Waals surface area contributed by atoms with Crippen LogP contribution < -0.4 is 0 Å². The topological polar surface area (TPSA) is 85.8 Å². The molecule has 7 nitrogen and oxygen atoms in total. The smallest absolute Gasteiger partial charge is 0.358 e. The number of imidazole rings is 1. The first-order valence-corrected chi connectivity index (χ1v) is 7.30. The fourth-order valence-electron chi connectivity index (χ4n) is 2.09. The molecule has 108 valence electrons. The Morgan fingerprint density at radius 3 is 2.95 bits per heavy atom. The molecule has 0 aromatic carbocycles. The van der Waals surface area contributed by atoms with Crippen molar-refractivity contribution in [3.8, 4) is 10.6 Å². The lowest BCUT2D eigenvalue weighted by Gasteiger charge is -2.06. The van der Waals surface area contributed by atoms with Crippen LogP contribution in [0.4, 0.5) is 0 Å². The van der Waals surface area contributed by atoms with Gasteiger partial charge in [0.1, 0.15) is 5.69 Å². The van der Waals surface area contributed by atoms with Crippen molar-refractivity contribution in [3.63, 3.8) is 0 Å². The van der Waals surface area contributed by atoms with Crippen molar-refractivity contribution >= 4 is 17.3 Å². The number of carboxylic acids is 1. The van der Waals surface area contributed by atoms with E-state index in [9.17, 15) is 9.90 Å². The fraction of sp³-hybridized carbons (Fsp3) is 0.231. The lowest BCUT2D eigenvalue weighted by atomic mass is 10.2. The van der Waals surface area contributed by atoms with Gasteiger partial charge in [0.15, 0.2) is 5.69 Å². The van der Waals surface area contributed by atoms with Crippen molar-refractivity contribution in [2.75, 3.05) is 0 Å². The molecule has 3 aromatic rings. The number of thiophene rings is 1. The van der Waals surface area contributed by atoms with Gasteiger partial charge in [-0.2, -0.15) is 0 Å². The maximum Gasteiger partial charge on any atom is 0.358 e. The fourth-order valence-corrected chi connectivity index (χ4v) is 2.87. The number of aromatic nitrogens is 5. The van der Waals surface area contributed by atoms with Crippen LogP contribution >= 0.6 is 11.3 Å². The van der Waals surface area contributed by atoms with E-state index in [1.165, 1.54) is 11.3 Å². The minimum absolute atomic E-state index is 0.0000749. The molecule has 0 aliphatic heterocycles. The normalized spacial score (nSPS) is 10.9. The lowest BCUT2D eigenvalue weighted by Crippen LogP contribution is -2.07. The van der Waals surface area contributed by atoms with E-state index in [4.69, 9.17) is 0 Å². The molecule has 0 amide bonds. The number of hydrogen-bond donors (Lipinski definition) is 1. The molecule has 0 aliphatic carbocycles. The van der Waals surface area contributed by atoms with E-state index < -0.39 is 5.97 Å². The summed E-state index contributed by atoms with van der Waals surface area (Å²) in [7, 11) is 0. The summed E-state index contributed by atoms with van der Waals surface area (Å²) in [6.45, 7) is 1.40. The molecule has 0 saturated carbocycles. The molecule has 8 heteroatoms. The Morgan fingerprint density at radius 2 is 2.29 bits per heavy atom. The first-order valence-electron chi connectivity index (χ1n) is 6.42. The number of nitrogens with zero attached hydrogens (tertiary/aromatic N) is 5. The monoisotopic (exact) mass is 303 g/mol.